The molecule has 4 heteroatoms. The first kappa shape index (κ1) is 13.6. The van der Waals surface area contributed by atoms with Crippen LogP contribution in [0.25, 0.3) is 0 Å². The molecule has 0 aliphatic heterocycles. The summed E-state index contributed by atoms with van der Waals surface area (Å²) in [5, 5.41) is 10.3. The van der Waals surface area contributed by atoms with E-state index in [0.29, 0.717) is 6.42 Å². The summed E-state index contributed by atoms with van der Waals surface area (Å²) in [6.07, 6.45) is 4.72. The summed E-state index contributed by atoms with van der Waals surface area (Å²) in [5.74, 6) is 1.00. The zero-order chi connectivity index (χ0) is 13.8. The van der Waals surface area contributed by atoms with Crippen LogP contribution in [0.3, 0.4) is 0 Å². The van der Waals surface area contributed by atoms with Crippen molar-refractivity contribution in [1.29, 1.82) is 0 Å². The van der Waals surface area contributed by atoms with Crippen LogP contribution in [0.5, 0.6) is 0 Å². The fraction of sp³-hybridized carbons (Fsp3) is 0.400. The molecule has 1 aromatic heterocycles. The van der Waals surface area contributed by atoms with Crippen LogP contribution in [-0.2, 0) is 13.5 Å². The molecule has 0 spiro atoms. The molecular weight excluding hydrogens is 238 g/mol. The van der Waals surface area contributed by atoms with Crippen molar-refractivity contribution in [2.75, 3.05) is 19.0 Å². The first-order valence-corrected chi connectivity index (χ1v) is 6.49. The molecule has 0 fully saturated rings. The molecule has 1 N–H and O–H groups in total. The first-order chi connectivity index (χ1) is 9.08. The highest BCUT2D eigenvalue weighted by Gasteiger charge is 2.10. The Morgan fingerprint density at radius 3 is 2.79 bits per heavy atom. The van der Waals surface area contributed by atoms with E-state index < -0.39 is 6.10 Å². The van der Waals surface area contributed by atoms with E-state index in [4.69, 9.17) is 0 Å². The van der Waals surface area contributed by atoms with E-state index in [2.05, 4.69) is 4.98 Å². The molecular formula is C15H21N3O. The van der Waals surface area contributed by atoms with Gasteiger partial charge in [0.05, 0.1) is 6.10 Å². The summed E-state index contributed by atoms with van der Waals surface area (Å²) in [5.41, 5.74) is 2.06. The molecule has 0 radical (unpaired) electrons. The smallest absolute Gasteiger partial charge is 0.108 e. The van der Waals surface area contributed by atoms with Crippen molar-refractivity contribution in [3.63, 3.8) is 0 Å². The molecule has 1 aromatic carbocycles. The Hall–Kier alpha value is -1.81. The number of rotatable bonds is 5. The summed E-state index contributed by atoms with van der Waals surface area (Å²) < 4.78 is 1.99. The maximum atomic E-state index is 10.3. The molecule has 2 rings (SSSR count). The summed E-state index contributed by atoms with van der Waals surface area (Å²) >= 11 is 0. The number of aliphatic hydroxyl groups excluding tert-OH is 1. The van der Waals surface area contributed by atoms with E-state index in [-0.39, 0.29) is 0 Å². The van der Waals surface area contributed by atoms with E-state index in [1.54, 1.807) is 6.20 Å². The number of aryl methyl sites for hydroxylation is 2. The van der Waals surface area contributed by atoms with Crippen LogP contribution in [0.2, 0.25) is 0 Å². The third-order valence-electron chi connectivity index (χ3n) is 3.33. The second kappa shape index (κ2) is 5.89. The third kappa shape index (κ3) is 3.35. The monoisotopic (exact) mass is 259 g/mol. The van der Waals surface area contributed by atoms with Crippen LogP contribution in [0, 0.1) is 0 Å². The quantitative estimate of drug-likeness (QED) is 0.894. The van der Waals surface area contributed by atoms with Crippen molar-refractivity contribution in [3.05, 3.63) is 48.0 Å². The summed E-state index contributed by atoms with van der Waals surface area (Å²) in [6.45, 7) is 0. The normalized spacial score (nSPS) is 12.4. The predicted octanol–water partition coefficient (Wildman–Crippen LogP) is 2.15. The molecule has 0 bridgehead atoms. The Bertz CT molecular complexity index is 534. The lowest BCUT2D eigenvalue weighted by Crippen LogP contribution is -2.10. The van der Waals surface area contributed by atoms with Gasteiger partial charge in [-0.1, -0.05) is 12.1 Å². The largest absolute Gasteiger partial charge is 0.388 e. The third-order valence-corrected chi connectivity index (χ3v) is 3.33. The van der Waals surface area contributed by atoms with Crippen molar-refractivity contribution in [1.82, 2.24) is 9.55 Å². The summed E-state index contributed by atoms with van der Waals surface area (Å²) in [6, 6.07) is 8.02. The predicted molar refractivity (Wildman–Crippen MR) is 77.3 cm³/mol. The van der Waals surface area contributed by atoms with Gasteiger partial charge >= 0.3 is 0 Å². The molecule has 0 saturated heterocycles. The Kier molecular flexibility index (Phi) is 4.22. The lowest BCUT2D eigenvalue weighted by atomic mass is 10.0. The van der Waals surface area contributed by atoms with Crippen molar-refractivity contribution >= 4 is 5.69 Å². The van der Waals surface area contributed by atoms with Gasteiger partial charge in [0.25, 0.3) is 0 Å². The minimum atomic E-state index is -0.448. The second-order valence-corrected chi connectivity index (χ2v) is 5.00. The van der Waals surface area contributed by atoms with Gasteiger partial charge in [0.15, 0.2) is 0 Å². The van der Waals surface area contributed by atoms with Gasteiger partial charge < -0.3 is 14.6 Å². The number of aromatic nitrogens is 2. The van der Waals surface area contributed by atoms with Crippen LogP contribution < -0.4 is 4.90 Å². The number of nitrogens with zero attached hydrogens (tertiary/aromatic N) is 3. The minimum Gasteiger partial charge on any atom is -0.388 e. The number of hydrogen-bond donors (Lipinski definition) is 1. The highest BCUT2D eigenvalue weighted by molar-refractivity contribution is 5.47. The minimum absolute atomic E-state index is 0.448. The molecule has 1 heterocycles. The van der Waals surface area contributed by atoms with Crippen molar-refractivity contribution < 1.29 is 5.11 Å². The standard InChI is InChI=1S/C15H21N3O/c1-17(2)13-6-4-5-12(11-13)14(19)7-8-15-16-9-10-18(15)3/h4-6,9-11,14,19H,7-8H2,1-3H3. The highest BCUT2D eigenvalue weighted by Crippen LogP contribution is 2.22. The van der Waals surface area contributed by atoms with Crippen LogP contribution in [-0.4, -0.2) is 28.8 Å². The van der Waals surface area contributed by atoms with Gasteiger partial charge in [0.1, 0.15) is 5.82 Å². The van der Waals surface area contributed by atoms with Gasteiger partial charge in [-0.25, -0.2) is 4.98 Å². The second-order valence-electron chi connectivity index (χ2n) is 5.00. The summed E-state index contributed by atoms with van der Waals surface area (Å²) in [7, 11) is 5.97. The maximum absolute atomic E-state index is 10.3. The van der Waals surface area contributed by atoms with Crippen LogP contribution in [0.1, 0.15) is 23.9 Å². The molecule has 4 nitrogen and oxygen atoms in total. The van der Waals surface area contributed by atoms with Crippen LogP contribution in [0.4, 0.5) is 5.69 Å². The van der Waals surface area contributed by atoms with E-state index in [9.17, 15) is 5.11 Å². The maximum Gasteiger partial charge on any atom is 0.108 e. The average Bonchev–Trinajstić information content (AvgIpc) is 2.81. The Morgan fingerprint density at radius 2 is 2.16 bits per heavy atom. The molecule has 1 unspecified atom stereocenters. The number of imidazole rings is 1. The van der Waals surface area contributed by atoms with Gasteiger partial charge in [-0.3, -0.25) is 0 Å². The van der Waals surface area contributed by atoms with E-state index in [1.807, 2.05) is 61.1 Å². The highest BCUT2D eigenvalue weighted by atomic mass is 16.3. The molecule has 2 aromatic rings. The van der Waals surface area contributed by atoms with Gasteiger partial charge in [-0.15, -0.1) is 0 Å². The van der Waals surface area contributed by atoms with Crippen molar-refractivity contribution in [2.24, 2.45) is 7.05 Å². The molecule has 19 heavy (non-hydrogen) atoms. The zero-order valence-electron chi connectivity index (χ0n) is 11.7. The molecule has 1 atom stereocenters. The molecule has 0 aliphatic rings. The fourth-order valence-corrected chi connectivity index (χ4v) is 2.08. The number of anilines is 1. The number of aliphatic hydroxyl groups is 1. The Balaban J connectivity index is 2.01. The van der Waals surface area contributed by atoms with Gasteiger partial charge in [-0.2, -0.15) is 0 Å². The average molecular weight is 259 g/mol. The molecule has 0 aliphatic carbocycles. The summed E-state index contributed by atoms with van der Waals surface area (Å²) in [4.78, 5) is 6.31. The van der Waals surface area contributed by atoms with Gasteiger partial charge in [-0.05, 0) is 24.1 Å². The van der Waals surface area contributed by atoms with Crippen molar-refractivity contribution in [2.45, 2.75) is 18.9 Å². The molecule has 102 valence electrons. The molecule has 0 amide bonds. The fourth-order valence-electron chi connectivity index (χ4n) is 2.08. The first-order valence-electron chi connectivity index (χ1n) is 6.49. The lowest BCUT2D eigenvalue weighted by Gasteiger charge is -2.16. The van der Waals surface area contributed by atoms with E-state index in [0.717, 1.165) is 23.5 Å². The number of benzene rings is 1. The SMILES string of the molecule is CN(C)c1cccc(C(O)CCc2nccn2C)c1. The van der Waals surface area contributed by atoms with Gasteiger partial charge in [0, 0.05) is 45.6 Å². The Morgan fingerprint density at radius 1 is 1.37 bits per heavy atom. The Labute approximate surface area is 114 Å². The van der Waals surface area contributed by atoms with E-state index in [1.165, 1.54) is 0 Å². The van der Waals surface area contributed by atoms with E-state index >= 15 is 0 Å². The molecule has 0 saturated carbocycles. The van der Waals surface area contributed by atoms with Gasteiger partial charge in [0.2, 0.25) is 0 Å². The topological polar surface area (TPSA) is 41.3 Å². The van der Waals surface area contributed by atoms with Crippen molar-refractivity contribution in [3.8, 4) is 0 Å². The van der Waals surface area contributed by atoms with Crippen LogP contribution in [0.15, 0.2) is 36.7 Å². The lowest BCUT2D eigenvalue weighted by molar-refractivity contribution is 0.167. The number of hydrogen-bond acceptors (Lipinski definition) is 3. The van der Waals surface area contributed by atoms with Crippen LogP contribution >= 0.6 is 0 Å². The zero-order valence-corrected chi connectivity index (χ0v) is 11.7.